The summed E-state index contributed by atoms with van der Waals surface area (Å²) in [5, 5.41) is 10.2. The number of para-hydroxylation sites is 2. The first-order valence-electron chi connectivity index (χ1n) is 11.2. The molecule has 0 fully saturated rings. The summed E-state index contributed by atoms with van der Waals surface area (Å²) in [4.78, 5) is 17.6. The number of H-pyrrole nitrogens is 1. The number of fused-ring (bicyclic) bond motifs is 2. The molecule has 0 saturated carbocycles. The number of aromatic amines is 1. The maximum Gasteiger partial charge on any atom is 0.240 e. The summed E-state index contributed by atoms with van der Waals surface area (Å²) in [5.41, 5.74) is 4.48. The van der Waals surface area contributed by atoms with Crippen molar-refractivity contribution in [1.82, 2.24) is 20.1 Å². The molecule has 1 amide bonds. The molecule has 6 nitrogen and oxygen atoms in total. The van der Waals surface area contributed by atoms with Gasteiger partial charge in [-0.3, -0.25) is 14.5 Å². The number of carbonyl (C=O) groups excluding carboxylic acids is 1. The topological polar surface area (TPSA) is 66.0 Å². The fourth-order valence-corrected chi connectivity index (χ4v) is 5.45. The van der Waals surface area contributed by atoms with E-state index >= 15 is 0 Å². The summed E-state index contributed by atoms with van der Waals surface area (Å²) < 4.78 is 2.18. The van der Waals surface area contributed by atoms with Gasteiger partial charge in [-0.15, -0.1) is 0 Å². The lowest BCUT2D eigenvalue weighted by molar-refractivity contribution is -0.121. The highest BCUT2D eigenvalue weighted by molar-refractivity contribution is 7.99. The number of benzene rings is 3. The van der Waals surface area contributed by atoms with E-state index in [0.717, 1.165) is 24.1 Å². The van der Waals surface area contributed by atoms with Crippen molar-refractivity contribution in [3.8, 4) is 11.4 Å². The number of nitrogens with zero attached hydrogens (tertiary/aromatic N) is 3. The molecule has 1 aliphatic heterocycles. The Hall–Kier alpha value is -3.36. The van der Waals surface area contributed by atoms with Gasteiger partial charge in [-0.25, -0.2) is 0 Å². The largest absolute Gasteiger partial charge is 0.354 e. The van der Waals surface area contributed by atoms with Crippen LogP contribution in [-0.2, 0) is 11.3 Å². The maximum atomic E-state index is 12.7. The van der Waals surface area contributed by atoms with Crippen LogP contribution in [0.15, 0.2) is 82.6 Å². The second-order valence-electron chi connectivity index (χ2n) is 8.20. The van der Waals surface area contributed by atoms with E-state index in [4.69, 9.17) is 12.2 Å². The summed E-state index contributed by atoms with van der Waals surface area (Å²) in [5.74, 6) is 0.587. The first-order valence-corrected chi connectivity index (χ1v) is 12.4. The fraction of sp³-hybridized carbons (Fsp3) is 0.192. The van der Waals surface area contributed by atoms with E-state index < -0.39 is 0 Å². The second-order valence-corrected chi connectivity index (χ2v) is 9.67. The predicted octanol–water partition coefficient (Wildman–Crippen LogP) is 5.73. The average molecular weight is 488 g/mol. The van der Waals surface area contributed by atoms with Crippen molar-refractivity contribution in [3.05, 3.63) is 83.1 Å². The van der Waals surface area contributed by atoms with Crippen molar-refractivity contribution >= 4 is 41.3 Å². The van der Waals surface area contributed by atoms with Gasteiger partial charge in [0.1, 0.15) is 6.54 Å². The summed E-state index contributed by atoms with van der Waals surface area (Å²) >= 11 is 7.18. The lowest BCUT2D eigenvalue weighted by Crippen LogP contribution is -2.31. The van der Waals surface area contributed by atoms with Gasteiger partial charge in [0.25, 0.3) is 0 Å². The van der Waals surface area contributed by atoms with Crippen LogP contribution in [0.4, 0.5) is 11.4 Å². The average Bonchev–Trinajstić information content (AvgIpc) is 3.21. The molecule has 0 saturated heterocycles. The van der Waals surface area contributed by atoms with Crippen LogP contribution in [0.1, 0.15) is 12.0 Å². The quantitative estimate of drug-likeness (QED) is 0.258. The normalized spacial score (nSPS) is 12.2. The smallest absolute Gasteiger partial charge is 0.240 e. The monoisotopic (exact) mass is 487 g/mol. The van der Waals surface area contributed by atoms with E-state index in [0.29, 0.717) is 17.1 Å². The molecule has 0 aliphatic carbocycles. The third-order valence-electron chi connectivity index (χ3n) is 5.75. The van der Waals surface area contributed by atoms with Gasteiger partial charge in [-0.2, -0.15) is 5.10 Å². The Morgan fingerprint density at radius 3 is 2.44 bits per heavy atom. The van der Waals surface area contributed by atoms with Gasteiger partial charge in [-0.1, -0.05) is 59.8 Å². The zero-order valence-electron chi connectivity index (χ0n) is 18.8. The van der Waals surface area contributed by atoms with Crippen molar-refractivity contribution in [2.45, 2.75) is 29.7 Å². The first kappa shape index (κ1) is 22.4. The zero-order chi connectivity index (χ0) is 23.5. The Balaban J connectivity index is 1.22. The molecule has 0 spiro atoms. The first-order chi connectivity index (χ1) is 16.6. The van der Waals surface area contributed by atoms with Crippen LogP contribution in [-0.4, -0.2) is 33.8 Å². The van der Waals surface area contributed by atoms with Gasteiger partial charge >= 0.3 is 0 Å². The van der Waals surface area contributed by atoms with Gasteiger partial charge in [-0.05, 0) is 55.9 Å². The lowest BCUT2D eigenvalue weighted by Gasteiger charge is -2.32. The van der Waals surface area contributed by atoms with Crippen LogP contribution in [0.2, 0.25) is 0 Å². The Morgan fingerprint density at radius 1 is 1.03 bits per heavy atom. The SMILES string of the molecule is Cc1cccc(-c2n[nH]c(=S)n2CC(=O)NCCCN2c3ccccc3Sc3ccccc32)c1. The second kappa shape index (κ2) is 9.87. The molecule has 8 heteroatoms. The molecule has 0 unspecified atom stereocenters. The molecule has 2 N–H and O–H groups in total. The Labute approximate surface area is 208 Å². The molecule has 1 aliphatic rings. The van der Waals surface area contributed by atoms with Crippen molar-refractivity contribution < 1.29 is 4.79 Å². The number of anilines is 2. The van der Waals surface area contributed by atoms with Crippen molar-refractivity contribution in [1.29, 1.82) is 0 Å². The standard InChI is InChI=1S/C26H25N5OS2/c1-18-8-6-9-19(16-18)25-28-29-26(33)31(25)17-24(32)27-14-7-15-30-20-10-2-4-12-22(20)34-23-13-5-3-11-21(23)30/h2-6,8-13,16H,7,14-15,17H2,1H3,(H,27,32)(H,29,33). The van der Waals surface area contributed by atoms with Crippen LogP contribution >= 0.6 is 24.0 Å². The molecule has 0 bridgehead atoms. The van der Waals surface area contributed by atoms with Crippen LogP contribution in [0.5, 0.6) is 0 Å². The highest BCUT2D eigenvalue weighted by Crippen LogP contribution is 2.47. The molecule has 4 aromatic rings. The molecule has 2 heterocycles. The number of carbonyl (C=O) groups is 1. The van der Waals surface area contributed by atoms with E-state index in [2.05, 4.69) is 68.9 Å². The van der Waals surface area contributed by atoms with Gasteiger partial charge < -0.3 is 10.2 Å². The minimum absolute atomic E-state index is 0.0820. The summed E-state index contributed by atoms with van der Waals surface area (Å²) in [6.07, 6.45) is 0.820. The minimum Gasteiger partial charge on any atom is -0.354 e. The van der Waals surface area contributed by atoms with Crippen molar-refractivity contribution in [3.63, 3.8) is 0 Å². The highest BCUT2D eigenvalue weighted by atomic mass is 32.2. The van der Waals surface area contributed by atoms with Crippen LogP contribution in [0, 0.1) is 11.7 Å². The number of hydrogen-bond acceptors (Lipinski definition) is 5. The number of aryl methyl sites for hydroxylation is 1. The molecular formula is C26H25N5OS2. The molecule has 1 aromatic heterocycles. The van der Waals surface area contributed by atoms with Crippen LogP contribution in [0.3, 0.4) is 0 Å². The molecule has 34 heavy (non-hydrogen) atoms. The van der Waals surface area contributed by atoms with Gasteiger partial charge in [0.15, 0.2) is 10.6 Å². The predicted molar refractivity (Wildman–Crippen MR) is 139 cm³/mol. The number of nitrogens with one attached hydrogen (secondary N) is 2. The van der Waals surface area contributed by atoms with E-state index in [1.165, 1.54) is 21.2 Å². The number of hydrogen-bond donors (Lipinski definition) is 2. The van der Waals surface area contributed by atoms with Crippen LogP contribution in [0.25, 0.3) is 11.4 Å². The summed E-state index contributed by atoms with van der Waals surface area (Å²) in [6.45, 7) is 3.55. The molecule has 0 radical (unpaired) electrons. The Bertz CT molecular complexity index is 1350. The fourth-order valence-electron chi connectivity index (χ4n) is 4.16. The summed E-state index contributed by atoms with van der Waals surface area (Å²) in [7, 11) is 0. The maximum absolute atomic E-state index is 12.7. The molecule has 5 rings (SSSR count). The third-order valence-corrected chi connectivity index (χ3v) is 7.19. The Morgan fingerprint density at radius 2 is 1.74 bits per heavy atom. The van der Waals surface area contributed by atoms with Gasteiger partial charge in [0.2, 0.25) is 5.91 Å². The zero-order valence-corrected chi connectivity index (χ0v) is 20.5. The Kier molecular flexibility index (Phi) is 6.51. The lowest BCUT2D eigenvalue weighted by atomic mass is 10.1. The van der Waals surface area contributed by atoms with Crippen molar-refractivity contribution in [2.75, 3.05) is 18.0 Å². The molecular weight excluding hydrogens is 462 g/mol. The van der Waals surface area contributed by atoms with Gasteiger partial charge in [0, 0.05) is 28.4 Å². The van der Waals surface area contributed by atoms with Crippen LogP contribution < -0.4 is 10.2 Å². The number of rotatable bonds is 7. The van der Waals surface area contributed by atoms with E-state index in [1.54, 1.807) is 16.3 Å². The van der Waals surface area contributed by atoms with E-state index in [-0.39, 0.29) is 12.5 Å². The van der Waals surface area contributed by atoms with E-state index in [1.807, 2.05) is 31.2 Å². The molecule has 3 aromatic carbocycles. The third kappa shape index (κ3) is 4.64. The van der Waals surface area contributed by atoms with Gasteiger partial charge in [0.05, 0.1) is 11.4 Å². The highest BCUT2D eigenvalue weighted by Gasteiger charge is 2.22. The molecule has 172 valence electrons. The minimum atomic E-state index is -0.0820. The molecule has 0 atom stereocenters. The number of amides is 1. The van der Waals surface area contributed by atoms with Crippen molar-refractivity contribution in [2.24, 2.45) is 0 Å². The number of aromatic nitrogens is 3. The summed E-state index contributed by atoms with van der Waals surface area (Å²) in [6, 6.07) is 24.9. The van der Waals surface area contributed by atoms with E-state index in [9.17, 15) is 4.79 Å².